The van der Waals surface area contributed by atoms with Gasteiger partial charge in [-0.15, -0.1) is 0 Å². The van der Waals surface area contributed by atoms with Crippen LogP contribution in [0.15, 0.2) is 54.9 Å². The minimum absolute atomic E-state index is 0.141. The summed E-state index contributed by atoms with van der Waals surface area (Å²) in [4.78, 5) is 16.4. The van der Waals surface area contributed by atoms with E-state index in [0.29, 0.717) is 17.4 Å². The predicted molar refractivity (Wildman–Crippen MR) is 88.4 cm³/mol. The number of allylic oxidation sites excluding steroid dienone is 2. The number of carbonyl (C=O) groups is 1. The summed E-state index contributed by atoms with van der Waals surface area (Å²) in [5.41, 5.74) is 3.81. The van der Waals surface area contributed by atoms with Crippen LogP contribution in [-0.2, 0) is 4.74 Å². The van der Waals surface area contributed by atoms with Crippen molar-refractivity contribution in [2.75, 3.05) is 12.4 Å². The molecular formula is C19H18N2O2. The average molecular weight is 306 g/mol. The number of pyridine rings is 1. The lowest BCUT2D eigenvalue weighted by atomic mass is 9.76. The molecular weight excluding hydrogens is 288 g/mol. The van der Waals surface area contributed by atoms with Crippen molar-refractivity contribution in [2.24, 2.45) is 5.92 Å². The Hall–Kier alpha value is -2.62. The molecule has 116 valence electrons. The van der Waals surface area contributed by atoms with E-state index in [2.05, 4.69) is 34.6 Å². The lowest BCUT2D eigenvalue weighted by Crippen LogP contribution is -2.30. The number of hydrogen-bond donors (Lipinski definition) is 1. The number of benzene rings is 1. The van der Waals surface area contributed by atoms with Crippen LogP contribution in [0.3, 0.4) is 0 Å². The number of rotatable bonds is 2. The van der Waals surface area contributed by atoms with E-state index in [1.165, 1.54) is 12.7 Å². The van der Waals surface area contributed by atoms with Gasteiger partial charge in [-0.2, -0.15) is 0 Å². The quantitative estimate of drug-likeness (QED) is 0.679. The van der Waals surface area contributed by atoms with E-state index in [-0.39, 0.29) is 12.0 Å². The Morgan fingerprint density at radius 3 is 3.00 bits per heavy atom. The van der Waals surface area contributed by atoms with Gasteiger partial charge in [-0.05, 0) is 35.6 Å². The summed E-state index contributed by atoms with van der Waals surface area (Å²) in [6.45, 7) is 0. The van der Waals surface area contributed by atoms with Crippen molar-refractivity contribution in [3.8, 4) is 0 Å². The number of nitrogens with one attached hydrogen (secondary N) is 1. The highest BCUT2D eigenvalue weighted by atomic mass is 16.5. The van der Waals surface area contributed by atoms with Crippen molar-refractivity contribution in [1.82, 2.24) is 4.98 Å². The molecule has 0 fully saturated rings. The molecule has 0 saturated heterocycles. The molecule has 4 nitrogen and oxygen atoms in total. The van der Waals surface area contributed by atoms with Gasteiger partial charge in [-0.1, -0.05) is 30.4 Å². The topological polar surface area (TPSA) is 51.2 Å². The summed E-state index contributed by atoms with van der Waals surface area (Å²) >= 11 is 0. The molecule has 23 heavy (non-hydrogen) atoms. The number of carbonyl (C=O) groups excluding carboxylic acids is 1. The third-order valence-corrected chi connectivity index (χ3v) is 4.85. The van der Waals surface area contributed by atoms with E-state index in [1.54, 1.807) is 6.20 Å². The Labute approximate surface area is 135 Å². The summed E-state index contributed by atoms with van der Waals surface area (Å²) in [5.74, 6) is 0.459. The summed E-state index contributed by atoms with van der Waals surface area (Å²) in [7, 11) is 1.42. The molecule has 0 spiro atoms. The van der Waals surface area contributed by atoms with Gasteiger partial charge in [0.25, 0.3) is 0 Å². The van der Waals surface area contributed by atoms with Crippen LogP contribution in [-0.4, -0.2) is 18.1 Å². The molecule has 1 N–H and O–H groups in total. The molecule has 4 heteroatoms. The van der Waals surface area contributed by atoms with Gasteiger partial charge in [0.1, 0.15) is 0 Å². The first kappa shape index (κ1) is 14.0. The second kappa shape index (κ2) is 5.54. The van der Waals surface area contributed by atoms with Gasteiger partial charge in [0, 0.05) is 18.3 Å². The maximum atomic E-state index is 12.1. The largest absolute Gasteiger partial charge is 0.465 e. The Morgan fingerprint density at radius 1 is 1.30 bits per heavy atom. The van der Waals surface area contributed by atoms with Crippen LogP contribution in [0.2, 0.25) is 0 Å². The maximum Gasteiger partial charge on any atom is 0.339 e. The zero-order chi connectivity index (χ0) is 15.8. The number of hydrogen-bond acceptors (Lipinski definition) is 4. The van der Waals surface area contributed by atoms with Gasteiger partial charge in [0.05, 0.1) is 24.4 Å². The standard InChI is InChI=1S/C19H18N2O2/c1-23-19(22)16-9-3-8-15-13-6-2-7-14(13)17(21-18(15)16)12-5-4-10-20-11-12/h2-6,8-11,13-14,17,21H,7H2,1H3. The zero-order valence-electron chi connectivity index (χ0n) is 12.9. The second-order valence-electron chi connectivity index (χ2n) is 6.02. The minimum atomic E-state index is -0.306. The fourth-order valence-electron chi connectivity index (χ4n) is 3.79. The van der Waals surface area contributed by atoms with Gasteiger partial charge in [-0.3, -0.25) is 4.98 Å². The van der Waals surface area contributed by atoms with Crippen LogP contribution in [0.25, 0.3) is 0 Å². The number of esters is 1. The van der Waals surface area contributed by atoms with Crippen molar-refractivity contribution in [2.45, 2.75) is 18.4 Å². The first-order valence-corrected chi connectivity index (χ1v) is 7.84. The van der Waals surface area contributed by atoms with Crippen molar-refractivity contribution >= 4 is 11.7 Å². The Morgan fingerprint density at radius 2 is 2.22 bits per heavy atom. The normalized spacial score (nSPS) is 24.5. The Kier molecular flexibility index (Phi) is 3.37. The molecule has 3 unspecified atom stereocenters. The average Bonchev–Trinajstić information content (AvgIpc) is 3.10. The van der Waals surface area contributed by atoms with Crippen LogP contribution in [0.1, 0.15) is 39.9 Å². The van der Waals surface area contributed by atoms with E-state index in [0.717, 1.165) is 17.7 Å². The van der Waals surface area contributed by atoms with Crippen LogP contribution < -0.4 is 5.32 Å². The molecule has 0 bridgehead atoms. The number of aromatic nitrogens is 1. The van der Waals surface area contributed by atoms with Crippen LogP contribution in [0, 0.1) is 5.92 Å². The highest BCUT2D eigenvalue weighted by molar-refractivity contribution is 5.97. The van der Waals surface area contributed by atoms with Crippen molar-refractivity contribution < 1.29 is 9.53 Å². The fraction of sp³-hybridized carbons (Fsp3) is 0.263. The molecule has 0 saturated carbocycles. The number of nitrogens with zero attached hydrogens (tertiary/aromatic N) is 1. The molecule has 0 radical (unpaired) electrons. The molecule has 1 aromatic carbocycles. The molecule has 3 atom stereocenters. The van der Waals surface area contributed by atoms with Crippen molar-refractivity contribution in [3.05, 3.63) is 71.6 Å². The van der Waals surface area contributed by atoms with Gasteiger partial charge in [0.2, 0.25) is 0 Å². The van der Waals surface area contributed by atoms with Gasteiger partial charge < -0.3 is 10.1 Å². The molecule has 2 heterocycles. The highest BCUT2D eigenvalue weighted by Gasteiger charge is 2.39. The van der Waals surface area contributed by atoms with Crippen molar-refractivity contribution in [3.63, 3.8) is 0 Å². The lowest BCUT2D eigenvalue weighted by molar-refractivity contribution is 0.0601. The highest BCUT2D eigenvalue weighted by Crippen LogP contribution is 2.50. The third-order valence-electron chi connectivity index (χ3n) is 4.85. The van der Waals surface area contributed by atoms with E-state index >= 15 is 0 Å². The molecule has 1 aromatic heterocycles. The molecule has 2 aromatic rings. The summed E-state index contributed by atoms with van der Waals surface area (Å²) in [5, 5.41) is 3.59. The van der Waals surface area contributed by atoms with Crippen molar-refractivity contribution in [1.29, 1.82) is 0 Å². The molecule has 2 aliphatic rings. The van der Waals surface area contributed by atoms with Gasteiger partial charge in [-0.25, -0.2) is 4.79 Å². The number of para-hydroxylation sites is 1. The Bertz CT molecular complexity index is 770. The first-order chi connectivity index (χ1) is 11.3. The summed E-state index contributed by atoms with van der Waals surface area (Å²) in [6.07, 6.45) is 9.21. The minimum Gasteiger partial charge on any atom is -0.465 e. The first-order valence-electron chi connectivity index (χ1n) is 7.84. The predicted octanol–water partition coefficient (Wildman–Crippen LogP) is 3.69. The van der Waals surface area contributed by atoms with Gasteiger partial charge in [0.15, 0.2) is 0 Å². The number of ether oxygens (including phenoxy) is 1. The summed E-state index contributed by atoms with van der Waals surface area (Å²) < 4.78 is 4.95. The van der Waals surface area contributed by atoms with E-state index in [9.17, 15) is 4.79 Å². The second-order valence-corrected chi connectivity index (χ2v) is 6.02. The number of anilines is 1. The SMILES string of the molecule is COC(=O)c1cccc2c1NC(c1cccnc1)C1CC=CC21. The number of fused-ring (bicyclic) bond motifs is 3. The maximum absolute atomic E-state index is 12.1. The monoisotopic (exact) mass is 306 g/mol. The molecule has 1 aliphatic carbocycles. The molecule has 1 aliphatic heterocycles. The number of methoxy groups -OCH3 is 1. The van der Waals surface area contributed by atoms with E-state index in [1.807, 2.05) is 24.4 Å². The smallest absolute Gasteiger partial charge is 0.339 e. The molecule has 0 amide bonds. The summed E-state index contributed by atoms with van der Waals surface area (Å²) in [6, 6.07) is 10.0. The van der Waals surface area contributed by atoms with E-state index in [4.69, 9.17) is 4.74 Å². The lowest BCUT2D eigenvalue weighted by Gasteiger charge is -2.38. The van der Waals surface area contributed by atoms with E-state index < -0.39 is 0 Å². The fourth-order valence-corrected chi connectivity index (χ4v) is 3.79. The van der Waals surface area contributed by atoms with Gasteiger partial charge >= 0.3 is 5.97 Å². The zero-order valence-corrected chi connectivity index (χ0v) is 12.9. The van der Waals surface area contributed by atoms with Crippen LogP contribution in [0.4, 0.5) is 5.69 Å². The van der Waals surface area contributed by atoms with Crippen LogP contribution in [0.5, 0.6) is 0 Å². The third kappa shape index (κ3) is 2.22. The van der Waals surface area contributed by atoms with Crippen LogP contribution >= 0.6 is 0 Å². The Balaban J connectivity index is 1.84. The molecule has 4 rings (SSSR count).